The van der Waals surface area contributed by atoms with Gasteiger partial charge in [-0.1, -0.05) is 18.2 Å². The van der Waals surface area contributed by atoms with Crippen LogP contribution in [-0.4, -0.2) is 26.0 Å². The van der Waals surface area contributed by atoms with Gasteiger partial charge in [0.2, 0.25) is 0 Å². The summed E-state index contributed by atoms with van der Waals surface area (Å²) in [4.78, 5) is 10.3. The van der Waals surface area contributed by atoms with Crippen molar-refractivity contribution in [2.45, 2.75) is 26.1 Å². The summed E-state index contributed by atoms with van der Waals surface area (Å²) in [6.07, 6.45) is 5.12. The number of imidazole rings is 1. The van der Waals surface area contributed by atoms with Crippen LogP contribution in [0.5, 0.6) is 0 Å². The van der Waals surface area contributed by atoms with Crippen LogP contribution in [0.4, 0.5) is 0 Å². The molecule has 0 unspecified atom stereocenters. The molecule has 0 radical (unpaired) electrons. The molecule has 20 heavy (non-hydrogen) atoms. The molecule has 4 rings (SSSR count). The maximum Gasteiger partial charge on any atom is 0.0948 e. The van der Waals surface area contributed by atoms with Gasteiger partial charge in [0.15, 0.2) is 0 Å². The molecule has 0 fully saturated rings. The first-order valence-electron chi connectivity index (χ1n) is 7.16. The minimum absolute atomic E-state index is 0.972. The molecule has 3 aromatic rings. The molecule has 1 N–H and O–H groups in total. The Kier molecular flexibility index (Phi) is 2.81. The van der Waals surface area contributed by atoms with E-state index in [9.17, 15) is 0 Å². The minimum Gasteiger partial charge on any atom is -0.357 e. The number of para-hydroxylation sites is 1. The van der Waals surface area contributed by atoms with Gasteiger partial charge in [-0.3, -0.25) is 4.90 Å². The third-order valence-electron chi connectivity index (χ3n) is 4.04. The van der Waals surface area contributed by atoms with Gasteiger partial charge in [0, 0.05) is 43.6 Å². The molecular formula is C16H18N4. The molecule has 0 aliphatic carbocycles. The number of nitrogens with one attached hydrogen (secondary N) is 1. The van der Waals surface area contributed by atoms with E-state index in [2.05, 4.69) is 49.8 Å². The van der Waals surface area contributed by atoms with Crippen LogP contribution in [0.2, 0.25) is 0 Å². The third kappa shape index (κ3) is 2.12. The Morgan fingerprint density at radius 1 is 1.20 bits per heavy atom. The van der Waals surface area contributed by atoms with Crippen molar-refractivity contribution < 1.29 is 0 Å². The Balaban J connectivity index is 1.56. The summed E-state index contributed by atoms with van der Waals surface area (Å²) in [7, 11) is 0. The zero-order valence-corrected chi connectivity index (χ0v) is 11.4. The molecule has 0 saturated carbocycles. The Morgan fingerprint density at radius 3 is 3.10 bits per heavy atom. The van der Waals surface area contributed by atoms with Crippen LogP contribution in [0.15, 0.2) is 42.9 Å². The van der Waals surface area contributed by atoms with Crippen LogP contribution in [0.3, 0.4) is 0 Å². The third-order valence-corrected chi connectivity index (χ3v) is 4.04. The highest BCUT2D eigenvalue weighted by Gasteiger charge is 2.15. The zero-order chi connectivity index (χ0) is 13.4. The molecule has 0 bridgehead atoms. The van der Waals surface area contributed by atoms with Crippen molar-refractivity contribution in [3.05, 3.63) is 54.2 Å². The van der Waals surface area contributed by atoms with Gasteiger partial charge in [0.1, 0.15) is 0 Å². The van der Waals surface area contributed by atoms with Gasteiger partial charge in [-0.2, -0.15) is 0 Å². The fourth-order valence-electron chi connectivity index (χ4n) is 3.05. The van der Waals surface area contributed by atoms with E-state index in [4.69, 9.17) is 0 Å². The van der Waals surface area contributed by atoms with Gasteiger partial charge in [0.05, 0.1) is 12.0 Å². The quantitative estimate of drug-likeness (QED) is 0.774. The molecule has 0 spiro atoms. The first kappa shape index (κ1) is 11.7. The fourth-order valence-corrected chi connectivity index (χ4v) is 3.05. The van der Waals surface area contributed by atoms with E-state index >= 15 is 0 Å². The fraction of sp³-hybridized carbons (Fsp3) is 0.312. The second-order valence-corrected chi connectivity index (χ2v) is 5.52. The Morgan fingerprint density at radius 2 is 2.15 bits per heavy atom. The van der Waals surface area contributed by atoms with Crippen LogP contribution in [0.25, 0.3) is 10.9 Å². The standard InChI is InChI=1S/C16H18N4/c1-2-5-16-13(4-1)8-14(18-16)10-19-6-3-7-20-12-17-9-15(20)11-19/h1-2,4-5,8-9,12,18H,3,6-7,10-11H2. The van der Waals surface area contributed by atoms with Gasteiger partial charge in [-0.15, -0.1) is 0 Å². The molecule has 4 nitrogen and oxygen atoms in total. The molecule has 1 aromatic carbocycles. The summed E-state index contributed by atoms with van der Waals surface area (Å²) in [5, 5.41) is 1.29. The van der Waals surface area contributed by atoms with Crippen molar-refractivity contribution in [1.82, 2.24) is 19.4 Å². The maximum absolute atomic E-state index is 4.25. The molecule has 1 aliphatic heterocycles. The first-order chi connectivity index (χ1) is 9.88. The van der Waals surface area contributed by atoms with Gasteiger partial charge in [-0.25, -0.2) is 4.98 Å². The second kappa shape index (κ2) is 4.80. The molecular weight excluding hydrogens is 248 g/mol. The van der Waals surface area contributed by atoms with E-state index in [-0.39, 0.29) is 0 Å². The number of rotatable bonds is 2. The molecule has 0 amide bonds. The normalized spacial score (nSPS) is 16.2. The van der Waals surface area contributed by atoms with Crippen molar-refractivity contribution in [3.63, 3.8) is 0 Å². The Bertz CT molecular complexity index is 692. The lowest BCUT2D eigenvalue weighted by Gasteiger charge is -2.18. The highest BCUT2D eigenvalue weighted by molar-refractivity contribution is 5.80. The predicted molar refractivity (Wildman–Crippen MR) is 79.3 cm³/mol. The van der Waals surface area contributed by atoms with E-state index in [1.807, 2.05) is 12.5 Å². The number of aromatic amines is 1. The van der Waals surface area contributed by atoms with Gasteiger partial charge in [0.25, 0.3) is 0 Å². The highest BCUT2D eigenvalue weighted by Crippen LogP contribution is 2.18. The monoisotopic (exact) mass is 266 g/mol. The summed E-state index contributed by atoms with van der Waals surface area (Å²) < 4.78 is 2.27. The maximum atomic E-state index is 4.25. The summed E-state index contributed by atoms with van der Waals surface area (Å²) >= 11 is 0. The number of aromatic nitrogens is 3. The number of hydrogen-bond acceptors (Lipinski definition) is 2. The minimum atomic E-state index is 0.972. The Labute approximate surface area is 118 Å². The summed E-state index contributed by atoms with van der Waals surface area (Å²) in [6, 6.07) is 10.7. The summed E-state index contributed by atoms with van der Waals surface area (Å²) in [5.74, 6) is 0. The van der Waals surface area contributed by atoms with E-state index in [1.165, 1.54) is 28.7 Å². The number of H-pyrrole nitrogens is 1. The molecule has 0 saturated heterocycles. The van der Waals surface area contributed by atoms with Crippen LogP contribution < -0.4 is 0 Å². The largest absolute Gasteiger partial charge is 0.357 e. The molecule has 1 aliphatic rings. The first-order valence-corrected chi connectivity index (χ1v) is 7.16. The SMILES string of the molecule is c1ccc2[nH]c(CN3CCCn4cncc4C3)cc2c1. The number of hydrogen-bond donors (Lipinski definition) is 1. The van der Waals surface area contributed by atoms with Gasteiger partial charge < -0.3 is 9.55 Å². The molecule has 3 heterocycles. The van der Waals surface area contributed by atoms with E-state index in [0.717, 1.165) is 26.2 Å². The highest BCUT2D eigenvalue weighted by atomic mass is 15.2. The molecule has 102 valence electrons. The van der Waals surface area contributed by atoms with E-state index in [0.29, 0.717) is 0 Å². The van der Waals surface area contributed by atoms with Crippen molar-refractivity contribution in [1.29, 1.82) is 0 Å². The molecule has 4 heteroatoms. The van der Waals surface area contributed by atoms with E-state index in [1.54, 1.807) is 0 Å². The van der Waals surface area contributed by atoms with Crippen molar-refractivity contribution in [2.75, 3.05) is 6.54 Å². The second-order valence-electron chi connectivity index (χ2n) is 5.52. The van der Waals surface area contributed by atoms with Gasteiger partial charge >= 0.3 is 0 Å². The predicted octanol–water partition coefficient (Wildman–Crippen LogP) is 2.77. The van der Waals surface area contributed by atoms with E-state index < -0.39 is 0 Å². The number of nitrogens with zero attached hydrogens (tertiary/aromatic N) is 3. The average Bonchev–Trinajstić information content (AvgIpc) is 3.01. The number of fused-ring (bicyclic) bond motifs is 2. The molecule has 2 aromatic heterocycles. The van der Waals surface area contributed by atoms with Crippen LogP contribution in [0.1, 0.15) is 17.8 Å². The topological polar surface area (TPSA) is 36.9 Å². The number of aryl methyl sites for hydroxylation is 1. The Hall–Kier alpha value is -2.07. The zero-order valence-electron chi connectivity index (χ0n) is 11.4. The van der Waals surface area contributed by atoms with Crippen molar-refractivity contribution in [2.24, 2.45) is 0 Å². The molecule has 0 atom stereocenters. The smallest absolute Gasteiger partial charge is 0.0948 e. The lowest BCUT2D eigenvalue weighted by molar-refractivity contribution is 0.258. The van der Waals surface area contributed by atoms with Crippen LogP contribution in [-0.2, 0) is 19.6 Å². The van der Waals surface area contributed by atoms with Gasteiger partial charge in [-0.05, 0) is 23.9 Å². The average molecular weight is 266 g/mol. The van der Waals surface area contributed by atoms with Crippen LogP contribution >= 0.6 is 0 Å². The van der Waals surface area contributed by atoms with Crippen molar-refractivity contribution in [3.8, 4) is 0 Å². The summed E-state index contributed by atoms with van der Waals surface area (Å²) in [5.41, 5.74) is 3.83. The lowest BCUT2D eigenvalue weighted by Crippen LogP contribution is -2.22. The lowest BCUT2D eigenvalue weighted by atomic mass is 10.2. The van der Waals surface area contributed by atoms with Crippen molar-refractivity contribution >= 4 is 10.9 Å². The summed E-state index contributed by atoms with van der Waals surface area (Å²) in [6.45, 7) is 4.17. The van der Waals surface area contributed by atoms with Crippen LogP contribution in [0, 0.1) is 0 Å². The number of benzene rings is 1.